The van der Waals surface area contributed by atoms with Gasteiger partial charge in [0.1, 0.15) is 0 Å². The molecule has 0 radical (unpaired) electrons. The molecule has 0 unspecified atom stereocenters. The van der Waals surface area contributed by atoms with Crippen molar-refractivity contribution in [1.82, 2.24) is 0 Å². The summed E-state index contributed by atoms with van der Waals surface area (Å²) in [6, 6.07) is 56.3. The molecule has 1 aromatic heterocycles. The summed E-state index contributed by atoms with van der Waals surface area (Å²) in [7, 11) is 0. The Morgan fingerprint density at radius 2 is 0.922 bits per heavy atom. The van der Waals surface area contributed by atoms with Gasteiger partial charge >= 0.3 is 0 Å². The quantitative estimate of drug-likeness (QED) is 0.125. The molecule has 0 amide bonds. The summed E-state index contributed by atoms with van der Waals surface area (Å²) in [5.41, 5.74) is 26.1. The van der Waals surface area contributed by atoms with E-state index in [1.807, 2.05) is 0 Å². The molecule has 2 aliphatic heterocycles. The maximum atomic E-state index is 2.78. The first-order valence-corrected chi connectivity index (χ1v) is 30.2. The zero-order valence-corrected chi connectivity index (χ0v) is 49.2. The summed E-state index contributed by atoms with van der Waals surface area (Å²) in [6.45, 7) is 32.2. The second-order valence-corrected chi connectivity index (χ2v) is 30.2. The van der Waals surface area contributed by atoms with Gasteiger partial charge < -0.3 is 9.80 Å². The predicted molar refractivity (Wildman–Crippen MR) is 332 cm³/mol. The lowest BCUT2D eigenvalue weighted by atomic mass is 9.33. The number of hydrogen-bond donors (Lipinski definition) is 0. The van der Waals surface area contributed by atoms with Crippen molar-refractivity contribution < 1.29 is 0 Å². The van der Waals surface area contributed by atoms with E-state index in [0.717, 1.165) is 0 Å². The summed E-state index contributed by atoms with van der Waals surface area (Å²) < 4.78 is 1.44. The predicted octanol–water partition coefficient (Wildman–Crippen LogP) is 18.3. The van der Waals surface area contributed by atoms with E-state index in [9.17, 15) is 0 Å². The number of thiophene rings is 1. The molecule has 8 aromatic rings. The highest BCUT2D eigenvalue weighted by Gasteiger charge is 2.52. The van der Waals surface area contributed by atoms with E-state index < -0.39 is 0 Å². The average molecular weight is 1030 g/mol. The fourth-order valence-corrected chi connectivity index (χ4v) is 17.2. The molecule has 0 atom stereocenters. The molecule has 5 aliphatic carbocycles. The lowest BCUT2D eigenvalue weighted by Crippen LogP contribution is -2.61. The third kappa shape index (κ3) is 7.31. The summed E-state index contributed by atoms with van der Waals surface area (Å²) in [4.78, 5) is 5.52. The van der Waals surface area contributed by atoms with Crippen LogP contribution in [-0.2, 0) is 37.9 Å². The molecule has 1 saturated carbocycles. The van der Waals surface area contributed by atoms with Gasteiger partial charge in [-0.05, 0) is 221 Å². The molecule has 4 heteroatoms. The number of nitrogens with zero attached hydrogens (tertiary/aromatic N) is 2. The van der Waals surface area contributed by atoms with Gasteiger partial charge in [-0.15, -0.1) is 11.3 Å². The third-order valence-electron chi connectivity index (χ3n) is 21.3. The Labute approximate surface area is 465 Å². The second-order valence-electron chi connectivity index (χ2n) is 29.2. The number of anilines is 6. The lowest BCUT2D eigenvalue weighted by Gasteiger charge is -2.52. The van der Waals surface area contributed by atoms with E-state index in [1.165, 1.54) is 156 Å². The fraction of sp³-hybridized carbons (Fsp3) is 0.397. The van der Waals surface area contributed by atoms with Crippen molar-refractivity contribution in [3.8, 4) is 0 Å². The van der Waals surface area contributed by atoms with Crippen molar-refractivity contribution in [1.29, 1.82) is 0 Å². The Kier molecular flexibility index (Phi) is 10.5. The first-order valence-electron chi connectivity index (χ1n) is 29.4. The van der Waals surface area contributed by atoms with Crippen LogP contribution in [0.15, 0.2) is 140 Å². The molecule has 3 heterocycles. The van der Waals surface area contributed by atoms with Gasteiger partial charge in [0.15, 0.2) is 0 Å². The zero-order valence-electron chi connectivity index (χ0n) is 48.4. The monoisotopic (exact) mass is 1030 g/mol. The Balaban J connectivity index is 1.15. The van der Waals surface area contributed by atoms with Gasteiger partial charge in [0.05, 0.1) is 5.00 Å². The molecule has 0 saturated heterocycles. The topological polar surface area (TPSA) is 6.48 Å². The molecule has 1 fully saturated rings. The van der Waals surface area contributed by atoms with Gasteiger partial charge in [-0.2, -0.15) is 0 Å². The van der Waals surface area contributed by atoms with Crippen LogP contribution in [0, 0.1) is 0 Å². The van der Waals surface area contributed by atoms with Crippen LogP contribution < -0.4 is 26.2 Å². The summed E-state index contributed by atoms with van der Waals surface area (Å²) in [6.07, 6.45) is 9.81. The molecule has 77 heavy (non-hydrogen) atoms. The highest BCUT2D eigenvalue weighted by molar-refractivity contribution is 7.26. The van der Waals surface area contributed by atoms with Crippen molar-refractivity contribution in [2.75, 3.05) is 9.80 Å². The normalized spacial score (nSPS) is 22.8. The van der Waals surface area contributed by atoms with Gasteiger partial charge in [0.25, 0.3) is 6.71 Å². The van der Waals surface area contributed by atoms with E-state index >= 15 is 0 Å². The number of benzene rings is 7. The molecular formula is C73H79BN2S. The van der Waals surface area contributed by atoms with Crippen molar-refractivity contribution >= 4 is 78.0 Å². The van der Waals surface area contributed by atoms with Crippen LogP contribution in [0.5, 0.6) is 0 Å². The molecular weight excluding hydrogens is 948 g/mol. The van der Waals surface area contributed by atoms with E-state index in [-0.39, 0.29) is 50.5 Å². The first kappa shape index (κ1) is 49.5. The molecule has 15 rings (SSSR count). The Bertz CT molecular complexity index is 3690. The number of fused-ring (bicyclic) bond motifs is 10. The average Bonchev–Trinajstić information content (AvgIpc) is 4.06. The van der Waals surface area contributed by atoms with E-state index in [2.05, 4.69) is 251 Å². The SMILES string of the molecule is CC(C)(C)c1ccc(N2c3cc(C(c4ccccc4)c4ccccc4)cc4c3B(c3cc5c(cc3N4c3ccc4c(c3)C(C)(C)CCC4(C)C)C(C)(C)CCC5(C)C)c3c2sc2cc4c(cc32)C2(C)CCC4(C)CC2)cc1. The summed E-state index contributed by atoms with van der Waals surface area (Å²) in [5.74, 6) is 0.00443. The lowest BCUT2D eigenvalue weighted by molar-refractivity contribution is 0.188. The van der Waals surface area contributed by atoms with Gasteiger partial charge in [0, 0.05) is 39.1 Å². The second kappa shape index (κ2) is 16.4. The third-order valence-corrected chi connectivity index (χ3v) is 22.4. The van der Waals surface area contributed by atoms with E-state index in [1.54, 1.807) is 11.1 Å². The maximum Gasteiger partial charge on any atom is 0.254 e. The summed E-state index contributed by atoms with van der Waals surface area (Å²) >= 11 is 2.06. The van der Waals surface area contributed by atoms with Crippen LogP contribution in [0.3, 0.4) is 0 Å². The van der Waals surface area contributed by atoms with Crippen LogP contribution in [0.1, 0.15) is 203 Å². The first-order chi connectivity index (χ1) is 36.5. The van der Waals surface area contributed by atoms with E-state index in [4.69, 9.17) is 0 Å². The van der Waals surface area contributed by atoms with Crippen LogP contribution >= 0.6 is 11.3 Å². The van der Waals surface area contributed by atoms with E-state index in [0.29, 0.717) is 0 Å². The molecule has 390 valence electrons. The van der Waals surface area contributed by atoms with Crippen molar-refractivity contribution in [3.05, 3.63) is 195 Å². The Morgan fingerprint density at radius 3 is 1.48 bits per heavy atom. The number of rotatable bonds is 5. The van der Waals surface area contributed by atoms with Crippen LogP contribution in [0.2, 0.25) is 0 Å². The smallest absolute Gasteiger partial charge is 0.254 e. The zero-order chi connectivity index (χ0) is 53.6. The van der Waals surface area contributed by atoms with Gasteiger partial charge in [-0.3, -0.25) is 0 Å². The van der Waals surface area contributed by atoms with Crippen LogP contribution in [-0.4, -0.2) is 6.71 Å². The fourth-order valence-electron chi connectivity index (χ4n) is 15.9. The molecule has 2 nitrogen and oxygen atoms in total. The number of hydrogen-bond acceptors (Lipinski definition) is 3. The highest BCUT2D eigenvalue weighted by atomic mass is 32.1. The van der Waals surface area contributed by atoms with Gasteiger partial charge in [0.2, 0.25) is 0 Å². The molecule has 2 bridgehead atoms. The standard InChI is InChI=1S/C73H79BN2S/c1-67(2,3)48-24-26-49(27-25-48)76-61-39-47(63(45-20-16-14-17-21-45)46-22-18-15-19-23-46)38-60-65(61)74(64-51-41-56-57(44-62(51)77-66(64)76)73(13)36-34-72(56,12)35-37-73)58-42-54-55(71(10,11)33-32-70(54,8)9)43-59(58)75(60)50-28-29-52-53(40-50)69(6,7)31-30-68(52,4)5/h14-29,38-44,63H,30-37H2,1-13H3. The molecule has 7 aromatic carbocycles. The maximum absolute atomic E-state index is 2.78. The highest BCUT2D eigenvalue weighted by Crippen LogP contribution is 2.59. The molecule has 0 spiro atoms. The Hall–Kier alpha value is -5.84. The van der Waals surface area contributed by atoms with Gasteiger partial charge in [-0.25, -0.2) is 0 Å². The van der Waals surface area contributed by atoms with Crippen molar-refractivity contribution in [2.24, 2.45) is 0 Å². The molecule has 0 N–H and O–H groups in total. The minimum atomic E-state index is 0.00443. The van der Waals surface area contributed by atoms with Crippen molar-refractivity contribution in [2.45, 2.75) is 185 Å². The van der Waals surface area contributed by atoms with Gasteiger partial charge in [-0.1, -0.05) is 175 Å². The Morgan fingerprint density at radius 1 is 0.429 bits per heavy atom. The molecule has 7 aliphatic rings. The van der Waals surface area contributed by atoms with Crippen molar-refractivity contribution in [3.63, 3.8) is 0 Å². The largest absolute Gasteiger partial charge is 0.311 e. The van der Waals surface area contributed by atoms with Crippen LogP contribution in [0.25, 0.3) is 10.1 Å². The van der Waals surface area contributed by atoms with Crippen LogP contribution in [0.4, 0.5) is 33.4 Å². The minimum absolute atomic E-state index is 0.00443. The summed E-state index contributed by atoms with van der Waals surface area (Å²) in [5, 5.41) is 2.84. The minimum Gasteiger partial charge on any atom is -0.311 e.